The predicted molar refractivity (Wildman–Crippen MR) is 105 cm³/mol. The lowest BCUT2D eigenvalue weighted by Crippen LogP contribution is -2.38. The molecule has 7 nitrogen and oxygen atoms in total. The highest BCUT2D eigenvalue weighted by Crippen LogP contribution is 2.34. The molecule has 1 amide bonds. The number of hydrogen-bond donors (Lipinski definition) is 1. The Kier molecular flexibility index (Phi) is 5.17. The molecule has 2 aromatic heterocycles. The van der Waals surface area contributed by atoms with E-state index in [1.165, 1.54) is 0 Å². The summed E-state index contributed by atoms with van der Waals surface area (Å²) >= 11 is 5.99. The molecule has 0 radical (unpaired) electrons. The van der Waals surface area contributed by atoms with Gasteiger partial charge in [0.15, 0.2) is 0 Å². The van der Waals surface area contributed by atoms with Gasteiger partial charge < -0.3 is 14.3 Å². The average molecular weight is 400 g/mol. The maximum absolute atomic E-state index is 12.5. The first kappa shape index (κ1) is 18.7. The van der Waals surface area contributed by atoms with Crippen LogP contribution in [0.5, 0.6) is 0 Å². The van der Waals surface area contributed by atoms with Crippen LogP contribution < -0.4 is 5.32 Å². The molecule has 0 bridgehead atoms. The molecule has 0 aliphatic heterocycles. The molecular formula is C20H22ClN5O2. The van der Waals surface area contributed by atoms with Gasteiger partial charge >= 0.3 is 0 Å². The molecule has 0 spiro atoms. The van der Waals surface area contributed by atoms with Gasteiger partial charge in [0.1, 0.15) is 5.69 Å². The number of amides is 1. The molecule has 1 fully saturated rings. The van der Waals surface area contributed by atoms with Crippen LogP contribution >= 0.6 is 11.6 Å². The monoisotopic (exact) mass is 399 g/mol. The fourth-order valence-corrected chi connectivity index (χ4v) is 3.98. The third-order valence-electron chi connectivity index (χ3n) is 5.21. The fourth-order valence-electron chi connectivity index (χ4n) is 3.79. The lowest BCUT2D eigenvalue weighted by Gasteiger charge is -2.27. The lowest BCUT2D eigenvalue weighted by molar-refractivity contribution is 0.0923. The number of benzene rings is 1. The van der Waals surface area contributed by atoms with Crippen LogP contribution in [-0.4, -0.2) is 31.7 Å². The Morgan fingerprint density at radius 1 is 1.32 bits per heavy atom. The first-order valence-corrected chi connectivity index (χ1v) is 9.77. The van der Waals surface area contributed by atoms with Gasteiger partial charge in [-0.1, -0.05) is 24.1 Å². The van der Waals surface area contributed by atoms with Crippen molar-refractivity contribution in [1.29, 1.82) is 0 Å². The van der Waals surface area contributed by atoms with Crippen molar-refractivity contribution < 1.29 is 9.21 Å². The number of aromatic nitrogens is 4. The van der Waals surface area contributed by atoms with Gasteiger partial charge in [-0.2, -0.15) is 0 Å². The smallest absolute Gasteiger partial charge is 0.266 e. The van der Waals surface area contributed by atoms with Gasteiger partial charge in [0.05, 0.1) is 12.0 Å². The Morgan fingerprint density at radius 3 is 2.93 bits per heavy atom. The largest absolute Gasteiger partial charge is 0.419 e. The van der Waals surface area contributed by atoms with Gasteiger partial charge in [-0.05, 0) is 44.4 Å². The van der Waals surface area contributed by atoms with Crippen molar-refractivity contribution in [2.45, 2.75) is 44.6 Å². The second kappa shape index (κ2) is 7.75. The van der Waals surface area contributed by atoms with Crippen molar-refractivity contribution in [1.82, 2.24) is 25.1 Å². The van der Waals surface area contributed by atoms with Crippen LogP contribution in [0.1, 0.15) is 53.5 Å². The molecule has 146 valence electrons. The van der Waals surface area contributed by atoms with Gasteiger partial charge in [-0.3, -0.25) is 4.79 Å². The van der Waals surface area contributed by atoms with E-state index in [2.05, 4.69) is 20.5 Å². The van der Waals surface area contributed by atoms with E-state index in [0.29, 0.717) is 22.4 Å². The third kappa shape index (κ3) is 3.80. The maximum atomic E-state index is 12.5. The summed E-state index contributed by atoms with van der Waals surface area (Å²) in [6, 6.07) is 7.05. The first-order chi connectivity index (χ1) is 13.5. The van der Waals surface area contributed by atoms with E-state index in [0.717, 1.165) is 37.1 Å². The number of rotatable bonds is 4. The van der Waals surface area contributed by atoms with Crippen molar-refractivity contribution >= 4 is 17.5 Å². The second-order valence-electron chi connectivity index (χ2n) is 7.28. The molecule has 0 saturated heterocycles. The lowest BCUT2D eigenvalue weighted by atomic mass is 9.85. The van der Waals surface area contributed by atoms with Crippen molar-refractivity contribution in [3.8, 4) is 11.6 Å². The highest BCUT2D eigenvalue weighted by atomic mass is 35.5. The molecule has 2 heterocycles. The Labute approximate surface area is 168 Å². The number of nitrogens with one attached hydrogen (secondary N) is 1. The summed E-state index contributed by atoms with van der Waals surface area (Å²) in [6.45, 7) is 1.92. The van der Waals surface area contributed by atoms with Crippen LogP contribution in [0, 0.1) is 6.92 Å². The standard InChI is InChI=1S/C20H22ClN5O2/c1-12-17(26(2)11-22-12)20-25-24-19(28-20)14-6-4-8-16(10-14)23-18(27)13-5-3-7-15(21)9-13/h3,5,7,9,11,14,16H,4,6,8,10H2,1-2H3,(H,23,27)/t14-,16+/m1/s1. The van der Waals surface area contributed by atoms with Crippen LogP contribution in [0.15, 0.2) is 35.0 Å². The summed E-state index contributed by atoms with van der Waals surface area (Å²) in [5.74, 6) is 1.13. The van der Waals surface area contributed by atoms with Gasteiger partial charge in [0.25, 0.3) is 11.8 Å². The molecule has 3 aromatic rings. The normalized spacial score (nSPS) is 19.5. The van der Waals surface area contributed by atoms with Crippen LogP contribution in [-0.2, 0) is 7.05 Å². The maximum Gasteiger partial charge on any atom is 0.266 e. The van der Waals surface area contributed by atoms with Crippen LogP contribution in [0.4, 0.5) is 0 Å². The molecule has 0 unspecified atom stereocenters. The molecule has 28 heavy (non-hydrogen) atoms. The molecule has 1 aliphatic carbocycles. The van der Waals surface area contributed by atoms with E-state index in [4.69, 9.17) is 16.0 Å². The number of nitrogens with zero attached hydrogens (tertiary/aromatic N) is 4. The van der Waals surface area contributed by atoms with Gasteiger partial charge in [-0.15, -0.1) is 10.2 Å². The second-order valence-corrected chi connectivity index (χ2v) is 7.72. The molecule has 1 saturated carbocycles. The first-order valence-electron chi connectivity index (χ1n) is 9.39. The number of carbonyl (C=O) groups excluding carboxylic acids is 1. The SMILES string of the molecule is Cc1ncn(C)c1-c1nnc([C@@H]2CCC[C@H](NC(=O)c3cccc(Cl)c3)C2)o1. The minimum absolute atomic E-state index is 0.0685. The highest BCUT2D eigenvalue weighted by molar-refractivity contribution is 6.30. The van der Waals surface area contributed by atoms with Crippen molar-refractivity contribution in [2.75, 3.05) is 0 Å². The molecular weight excluding hydrogens is 378 g/mol. The van der Waals surface area contributed by atoms with E-state index in [1.807, 2.05) is 18.5 Å². The summed E-state index contributed by atoms with van der Waals surface area (Å²) in [4.78, 5) is 16.8. The van der Waals surface area contributed by atoms with Gasteiger partial charge in [0.2, 0.25) is 5.89 Å². The van der Waals surface area contributed by atoms with E-state index in [-0.39, 0.29) is 17.9 Å². The van der Waals surface area contributed by atoms with Crippen LogP contribution in [0.2, 0.25) is 5.02 Å². The number of halogens is 1. The van der Waals surface area contributed by atoms with E-state index in [9.17, 15) is 4.79 Å². The summed E-state index contributed by atoms with van der Waals surface area (Å²) in [5.41, 5.74) is 2.26. The molecule has 4 rings (SSSR count). The van der Waals surface area contributed by atoms with E-state index in [1.54, 1.807) is 30.6 Å². The predicted octanol–water partition coefficient (Wildman–Crippen LogP) is 3.89. The van der Waals surface area contributed by atoms with E-state index >= 15 is 0 Å². The zero-order valence-electron chi connectivity index (χ0n) is 15.9. The van der Waals surface area contributed by atoms with Crippen molar-refractivity contribution in [2.24, 2.45) is 7.05 Å². The van der Waals surface area contributed by atoms with Crippen molar-refractivity contribution in [3.05, 3.63) is 52.8 Å². The topological polar surface area (TPSA) is 85.8 Å². The molecule has 1 N–H and O–H groups in total. The summed E-state index contributed by atoms with van der Waals surface area (Å²) in [7, 11) is 1.90. The summed E-state index contributed by atoms with van der Waals surface area (Å²) in [5, 5.41) is 12.2. The average Bonchev–Trinajstić information content (AvgIpc) is 3.28. The van der Waals surface area contributed by atoms with E-state index < -0.39 is 0 Å². The number of imidazole rings is 1. The summed E-state index contributed by atoms with van der Waals surface area (Å²) in [6.07, 6.45) is 5.41. The van der Waals surface area contributed by atoms with Gasteiger partial charge in [-0.25, -0.2) is 4.98 Å². The third-order valence-corrected chi connectivity index (χ3v) is 5.44. The molecule has 1 aromatic carbocycles. The molecule has 8 heteroatoms. The quantitative estimate of drug-likeness (QED) is 0.719. The Morgan fingerprint density at radius 2 is 2.18 bits per heavy atom. The zero-order valence-corrected chi connectivity index (χ0v) is 16.6. The Bertz CT molecular complexity index is 977. The fraction of sp³-hybridized carbons (Fsp3) is 0.400. The molecule has 1 aliphatic rings. The summed E-state index contributed by atoms with van der Waals surface area (Å²) < 4.78 is 7.85. The zero-order chi connectivity index (χ0) is 19.7. The number of carbonyl (C=O) groups is 1. The van der Waals surface area contributed by atoms with Crippen LogP contribution in [0.25, 0.3) is 11.6 Å². The Hall–Kier alpha value is -2.67. The minimum atomic E-state index is -0.107. The molecule has 2 atom stereocenters. The number of aryl methyl sites for hydroxylation is 2. The minimum Gasteiger partial charge on any atom is -0.419 e. The van der Waals surface area contributed by atoms with Crippen LogP contribution in [0.3, 0.4) is 0 Å². The highest BCUT2D eigenvalue weighted by Gasteiger charge is 2.29. The van der Waals surface area contributed by atoms with Gasteiger partial charge in [0, 0.05) is 29.6 Å². The number of hydrogen-bond acceptors (Lipinski definition) is 5. The van der Waals surface area contributed by atoms with Crippen molar-refractivity contribution in [3.63, 3.8) is 0 Å². The Balaban J connectivity index is 1.45.